The average molecular weight is 436 g/mol. The Bertz CT molecular complexity index is 1190. The first kappa shape index (κ1) is 21.6. The van der Waals surface area contributed by atoms with Crippen LogP contribution in [0, 0.1) is 0 Å². The molecule has 1 saturated heterocycles. The van der Waals surface area contributed by atoms with Gasteiger partial charge in [0, 0.05) is 24.6 Å². The van der Waals surface area contributed by atoms with Crippen molar-refractivity contribution in [3.63, 3.8) is 0 Å². The molecule has 166 valence electrons. The Morgan fingerprint density at radius 3 is 2.72 bits per heavy atom. The van der Waals surface area contributed by atoms with E-state index < -0.39 is 5.97 Å². The fraction of sp³-hybridized carbons (Fsp3) is 0.292. The molecule has 3 aromatic rings. The summed E-state index contributed by atoms with van der Waals surface area (Å²) in [6.45, 7) is 3.14. The summed E-state index contributed by atoms with van der Waals surface area (Å²) in [6, 6.07) is 12.8. The quantitative estimate of drug-likeness (QED) is 0.573. The number of carbonyl (C=O) groups is 2. The number of fused-ring (bicyclic) bond motifs is 1. The molecule has 0 bridgehead atoms. The molecule has 0 aliphatic carbocycles. The molecule has 2 N–H and O–H groups in total. The standard InChI is InChI=1S/C24H24N2O6/c1-2-30-24(29)15-5-8-17(9-6-15)26-23-20(22(28)25-14-19-4-3-11-31-19)12-16-7-10-18(27)13-21(16)32-23/h5-10,12-13,19,27H,2-4,11,14H2,1H3,(H,25,28). The molecular formula is C24H24N2O6. The summed E-state index contributed by atoms with van der Waals surface area (Å²) in [4.78, 5) is 29.3. The van der Waals surface area contributed by atoms with Crippen LogP contribution in [-0.2, 0) is 9.47 Å². The Labute approximate surface area is 184 Å². The van der Waals surface area contributed by atoms with Crippen molar-refractivity contribution in [1.29, 1.82) is 0 Å². The monoisotopic (exact) mass is 436 g/mol. The molecule has 0 saturated carbocycles. The maximum absolute atomic E-state index is 12.9. The Balaban J connectivity index is 1.69. The summed E-state index contributed by atoms with van der Waals surface area (Å²) >= 11 is 0. The molecule has 4 rings (SSSR count). The molecule has 1 aromatic heterocycles. The number of hydrogen-bond donors (Lipinski definition) is 2. The summed E-state index contributed by atoms with van der Waals surface area (Å²) in [7, 11) is 0. The van der Waals surface area contributed by atoms with Crippen LogP contribution in [0.2, 0.25) is 0 Å². The number of amides is 1. The lowest BCUT2D eigenvalue weighted by atomic mass is 10.1. The number of esters is 1. The fourth-order valence-corrected chi connectivity index (χ4v) is 3.46. The molecular weight excluding hydrogens is 412 g/mol. The predicted molar refractivity (Wildman–Crippen MR) is 117 cm³/mol. The van der Waals surface area contributed by atoms with Gasteiger partial charge in [-0.2, -0.15) is 0 Å². The van der Waals surface area contributed by atoms with Gasteiger partial charge in [-0.1, -0.05) is 0 Å². The topological polar surface area (TPSA) is 110 Å². The van der Waals surface area contributed by atoms with Crippen LogP contribution >= 0.6 is 0 Å². The highest BCUT2D eigenvalue weighted by Gasteiger charge is 2.19. The third-order valence-corrected chi connectivity index (χ3v) is 5.10. The molecule has 1 unspecified atom stereocenters. The zero-order chi connectivity index (χ0) is 22.5. The van der Waals surface area contributed by atoms with Gasteiger partial charge in [0.25, 0.3) is 5.91 Å². The van der Waals surface area contributed by atoms with Gasteiger partial charge >= 0.3 is 5.97 Å². The summed E-state index contributed by atoms with van der Waals surface area (Å²) < 4.78 is 16.4. The second-order valence-electron chi connectivity index (χ2n) is 7.41. The van der Waals surface area contributed by atoms with Crippen LogP contribution in [0.15, 0.2) is 57.9 Å². The number of phenols is 1. The van der Waals surface area contributed by atoms with E-state index in [2.05, 4.69) is 10.3 Å². The number of nitrogens with zero attached hydrogens (tertiary/aromatic N) is 1. The van der Waals surface area contributed by atoms with E-state index in [0.29, 0.717) is 35.4 Å². The third kappa shape index (κ3) is 4.97. The van der Waals surface area contributed by atoms with Gasteiger partial charge in [0.1, 0.15) is 16.9 Å². The van der Waals surface area contributed by atoms with Gasteiger partial charge < -0.3 is 24.3 Å². The number of carbonyl (C=O) groups excluding carboxylic acids is 2. The molecule has 32 heavy (non-hydrogen) atoms. The van der Waals surface area contributed by atoms with Crippen molar-refractivity contribution in [2.24, 2.45) is 4.99 Å². The van der Waals surface area contributed by atoms with Gasteiger partial charge in [0.05, 0.1) is 24.0 Å². The van der Waals surface area contributed by atoms with Gasteiger partial charge in [0.15, 0.2) is 0 Å². The van der Waals surface area contributed by atoms with Gasteiger partial charge in [-0.3, -0.25) is 4.79 Å². The van der Waals surface area contributed by atoms with Crippen molar-refractivity contribution >= 4 is 28.5 Å². The van der Waals surface area contributed by atoms with E-state index in [1.807, 2.05) is 0 Å². The Hall–Kier alpha value is -3.65. The molecule has 8 nitrogen and oxygen atoms in total. The third-order valence-electron chi connectivity index (χ3n) is 5.10. The molecule has 8 heteroatoms. The summed E-state index contributed by atoms with van der Waals surface area (Å²) in [5.41, 5.74) is 1.64. The van der Waals surface area contributed by atoms with E-state index in [-0.39, 0.29) is 35.5 Å². The van der Waals surface area contributed by atoms with Crippen molar-refractivity contribution in [3.8, 4) is 5.75 Å². The molecule has 1 amide bonds. The van der Waals surface area contributed by atoms with E-state index in [9.17, 15) is 14.7 Å². The largest absolute Gasteiger partial charge is 0.508 e. The van der Waals surface area contributed by atoms with Gasteiger partial charge in [-0.15, -0.1) is 0 Å². The van der Waals surface area contributed by atoms with Crippen LogP contribution in [0.3, 0.4) is 0 Å². The van der Waals surface area contributed by atoms with Gasteiger partial charge in [-0.05, 0) is 62.2 Å². The van der Waals surface area contributed by atoms with Crippen LogP contribution in [-0.4, -0.2) is 42.8 Å². The normalized spacial score (nSPS) is 16.3. The molecule has 0 radical (unpaired) electrons. The summed E-state index contributed by atoms with van der Waals surface area (Å²) in [5, 5.41) is 13.3. The predicted octanol–water partition coefficient (Wildman–Crippen LogP) is 3.46. The van der Waals surface area contributed by atoms with Crippen LogP contribution in [0.1, 0.15) is 40.5 Å². The van der Waals surface area contributed by atoms with E-state index >= 15 is 0 Å². The highest BCUT2D eigenvalue weighted by molar-refractivity contribution is 5.96. The SMILES string of the molecule is CCOC(=O)c1ccc(N=c2oc3cc(O)ccc3cc2C(=O)NCC2CCCO2)cc1. The summed E-state index contributed by atoms with van der Waals surface area (Å²) in [6.07, 6.45) is 1.90. The fourth-order valence-electron chi connectivity index (χ4n) is 3.46. The lowest BCUT2D eigenvalue weighted by molar-refractivity contribution is 0.0526. The van der Waals surface area contributed by atoms with Crippen LogP contribution in [0.5, 0.6) is 5.75 Å². The van der Waals surface area contributed by atoms with Crippen molar-refractivity contribution in [1.82, 2.24) is 5.32 Å². The van der Waals surface area contributed by atoms with Crippen molar-refractivity contribution in [2.75, 3.05) is 19.8 Å². The highest BCUT2D eigenvalue weighted by atomic mass is 16.5. The Kier molecular flexibility index (Phi) is 6.51. The molecule has 1 atom stereocenters. The van der Waals surface area contributed by atoms with Crippen molar-refractivity contribution < 1.29 is 28.6 Å². The van der Waals surface area contributed by atoms with E-state index in [1.165, 1.54) is 12.1 Å². The molecule has 1 fully saturated rings. The lowest BCUT2D eigenvalue weighted by Gasteiger charge is -2.11. The van der Waals surface area contributed by atoms with Crippen molar-refractivity contribution in [3.05, 3.63) is 65.2 Å². The minimum Gasteiger partial charge on any atom is -0.508 e. The number of hydrogen-bond acceptors (Lipinski definition) is 7. The Morgan fingerprint density at radius 1 is 1.19 bits per heavy atom. The van der Waals surface area contributed by atoms with E-state index in [0.717, 1.165) is 12.8 Å². The Morgan fingerprint density at radius 2 is 2.00 bits per heavy atom. The van der Waals surface area contributed by atoms with Gasteiger partial charge in [-0.25, -0.2) is 9.79 Å². The first-order chi connectivity index (χ1) is 15.5. The van der Waals surface area contributed by atoms with Crippen molar-refractivity contribution in [2.45, 2.75) is 25.9 Å². The van der Waals surface area contributed by atoms with Crippen LogP contribution in [0.4, 0.5) is 5.69 Å². The van der Waals surface area contributed by atoms with E-state index in [4.69, 9.17) is 13.9 Å². The van der Waals surface area contributed by atoms with Crippen LogP contribution in [0.25, 0.3) is 11.0 Å². The number of nitrogens with one attached hydrogen (secondary N) is 1. The zero-order valence-electron chi connectivity index (χ0n) is 17.7. The summed E-state index contributed by atoms with van der Waals surface area (Å²) in [5.74, 6) is -0.707. The lowest BCUT2D eigenvalue weighted by Crippen LogP contribution is -2.34. The first-order valence-electron chi connectivity index (χ1n) is 10.5. The second kappa shape index (κ2) is 9.65. The van der Waals surface area contributed by atoms with Crippen LogP contribution < -0.4 is 10.9 Å². The zero-order valence-corrected chi connectivity index (χ0v) is 17.7. The number of phenolic OH excluding ortho intramolecular Hbond substituents is 1. The number of ether oxygens (including phenoxy) is 2. The van der Waals surface area contributed by atoms with Gasteiger partial charge in [0.2, 0.25) is 5.55 Å². The van der Waals surface area contributed by atoms with E-state index in [1.54, 1.807) is 43.3 Å². The molecule has 1 aliphatic heterocycles. The molecule has 2 heterocycles. The molecule has 1 aliphatic rings. The first-order valence-corrected chi connectivity index (χ1v) is 10.5. The minimum absolute atomic E-state index is 0.00380. The molecule has 2 aromatic carbocycles. The molecule has 0 spiro atoms. The average Bonchev–Trinajstić information content (AvgIpc) is 3.31. The minimum atomic E-state index is -0.417. The number of benzene rings is 2. The number of rotatable bonds is 6. The smallest absolute Gasteiger partial charge is 0.338 e. The maximum atomic E-state index is 12.9. The second-order valence-corrected chi connectivity index (χ2v) is 7.41. The number of aromatic hydroxyl groups is 1. The maximum Gasteiger partial charge on any atom is 0.338 e. The highest BCUT2D eigenvalue weighted by Crippen LogP contribution is 2.20.